The number of carbonyl (C=O) groups is 1. The third-order valence-electron chi connectivity index (χ3n) is 2.58. The number of rotatable bonds is 3. The normalized spacial score (nSPS) is 10.5. The summed E-state index contributed by atoms with van der Waals surface area (Å²) in [6.07, 6.45) is 1.84. The molecule has 0 atom stereocenters. The van der Waals surface area contributed by atoms with Crippen molar-refractivity contribution >= 4 is 32.7 Å². The summed E-state index contributed by atoms with van der Waals surface area (Å²) in [5.41, 5.74) is 1.74. The summed E-state index contributed by atoms with van der Waals surface area (Å²) in [5, 5.41) is 3.77. The Labute approximate surface area is 108 Å². The van der Waals surface area contributed by atoms with Crippen molar-refractivity contribution < 1.29 is 4.79 Å². The smallest absolute Gasteiger partial charge is 0.253 e. The van der Waals surface area contributed by atoms with Crippen LogP contribution in [0.1, 0.15) is 10.4 Å². The molecule has 88 valence electrons. The van der Waals surface area contributed by atoms with Gasteiger partial charge in [-0.3, -0.25) is 4.79 Å². The first-order valence-electron chi connectivity index (χ1n) is 5.25. The molecule has 0 saturated heterocycles. The van der Waals surface area contributed by atoms with E-state index in [-0.39, 0.29) is 5.91 Å². The van der Waals surface area contributed by atoms with Crippen LogP contribution in [0.3, 0.4) is 0 Å². The van der Waals surface area contributed by atoms with Crippen molar-refractivity contribution in [3.63, 3.8) is 0 Å². The predicted molar refractivity (Wildman–Crippen MR) is 73.3 cm³/mol. The molecule has 4 heteroatoms. The van der Waals surface area contributed by atoms with E-state index in [0.717, 1.165) is 15.4 Å². The Hall–Kier alpha value is -1.55. The molecule has 2 aromatic rings. The van der Waals surface area contributed by atoms with Gasteiger partial charge in [0.25, 0.3) is 5.91 Å². The molecule has 0 fully saturated rings. The van der Waals surface area contributed by atoms with E-state index in [0.29, 0.717) is 12.1 Å². The van der Waals surface area contributed by atoms with Gasteiger partial charge < -0.3 is 9.88 Å². The summed E-state index contributed by atoms with van der Waals surface area (Å²) in [6, 6.07) is 7.84. The Morgan fingerprint density at radius 3 is 2.88 bits per heavy atom. The number of para-hydroxylation sites is 1. The molecule has 0 aliphatic rings. The molecule has 0 aliphatic heterocycles. The number of benzene rings is 1. The minimum absolute atomic E-state index is 0.0811. The van der Waals surface area contributed by atoms with Gasteiger partial charge in [0.1, 0.15) is 0 Å². The number of nitrogens with zero attached hydrogens (tertiary/aromatic N) is 1. The van der Waals surface area contributed by atoms with E-state index in [1.54, 1.807) is 0 Å². The van der Waals surface area contributed by atoms with E-state index in [1.807, 2.05) is 42.1 Å². The zero-order chi connectivity index (χ0) is 12.4. The standard InChI is InChI=1S/C13H13BrN2O/c1-9(14)7-15-13(17)11-8-16(2)12-6-4-3-5-10(11)12/h3-6,8H,1,7H2,2H3,(H,15,17). The maximum absolute atomic E-state index is 12.0. The number of aryl methyl sites for hydroxylation is 1. The van der Waals surface area contributed by atoms with Crippen molar-refractivity contribution in [2.45, 2.75) is 0 Å². The largest absolute Gasteiger partial charge is 0.350 e. The third-order valence-corrected chi connectivity index (χ3v) is 2.86. The first kappa shape index (κ1) is 11.9. The van der Waals surface area contributed by atoms with Crippen LogP contribution in [-0.4, -0.2) is 17.0 Å². The molecule has 1 amide bonds. The molecule has 0 bridgehead atoms. The number of hydrogen-bond donors (Lipinski definition) is 1. The molecule has 0 radical (unpaired) electrons. The Balaban J connectivity index is 2.35. The highest BCUT2D eigenvalue weighted by atomic mass is 79.9. The maximum Gasteiger partial charge on any atom is 0.253 e. The summed E-state index contributed by atoms with van der Waals surface area (Å²) >= 11 is 3.22. The highest BCUT2D eigenvalue weighted by Crippen LogP contribution is 2.20. The molecule has 3 nitrogen and oxygen atoms in total. The van der Waals surface area contributed by atoms with Crippen molar-refractivity contribution in [2.24, 2.45) is 7.05 Å². The van der Waals surface area contributed by atoms with Crippen molar-refractivity contribution in [3.8, 4) is 0 Å². The van der Waals surface area contributed by atoms with E-state index in [9.17, 15) is 4.79 Å². The van der Waals surface area contributed by atoms with Crippen molar-refractivity contribution in [3.05, 3.63) is 47.1 Å². The van der Waals surface area contributed by atoms with Crippen LogP contribution in [0.4, 0.5) is 0 Å². The average Bonchev–Trinajstić information content (AvgIpc) is 2.65. The summed E-state index contributed by atoms with van der Waals surface area (Å²) in [6.45, 7) is 4.12. The number of halogens is 1. The van der Waals surface area contributed by atoms with Crippen LogP contribution in [0.2, 0.25) is 0 Å². The lowest BCUT2D eigenvalue weighted by Crippen LogP contribution is -2.24. The van der Waals surface area contributed by atoms with E-state index in [4.69, 9.17) is 0 Å². The lowest BCUT2D eigenvalue weighted by molar-refractivity contribution is 0.0959. The topological polar surface area (TPSA) is 34.0 Å². The zero-order valence-electron chi connectivity index (χ0n) is 9.53. The molecule has 1 N–H and O–H groups in total. The van der Waals surface area contributed by atoms with Gasteiger partial charge in [0, 0.05) is 35.2 Å². The monoisotopic (exact) mass is 292 g/mol. The molecule has 1 aromatic carbocycles. The Kier molecular flexibility index (Phi) is 3.33. The molecular formula is C13H13BrN2O. The van der Waals surface area contributed by atoms with E-state index < -0.39 is 0 Å². The minimum atomic E-state index is -0.0811. The second-order valence-corrected chi connectivity index (χ2v) is 4.99. The lowest BCUT2D eigenvalue weighted by atomic mass is 10.1. The summed E-state index contributed by atoms with van der Waals surface area (Å²) in [4.78, 5) is 12.0. The van der Waals surface area contributed by atoms with E-state index >= 15 is 0 Å². The van der Waals surface area contributed by atoms with E-state index in [1.165, 1.54) is 0 Å². The van der Waals surface area contributed by atoms with Gasteiger partial charge in [0.2, 0.25) is 0 Å². The Bertz CT molecular complexity index is 586. The number of aromatic nitrogens is 1. The van der Waals surface area contributed by atoms with Crippen LogP contribution in [0, 0.1) is 0 Å². The molecule has 1 heterocycles. The fraction of sp³-hybridized carbons (Fsp3) is 0.154. The van der Waals surface area contributed by atoms with Crippen LogP contribution < -0.4 is 5.32 Å². The molecule has 2 rings (SSSR count). The quantitative estimate of drug-likeness (QED) is 0.927. The van der Waals surface area contributed by atoms with Crippen LogP contribution in [0.15, 0.2) is 41.5 Å². The summed E-state index contributed by atoms with van der Waals surface area (Å²) in [5.74, 6) is -0.0811. The maximum atomic E-state index is 12.0. The summed E-state index contributed by atoms with van der Waals surface area (Å²) in [7, 11) is 1.93. The van der Waals surface area contributed by atoms with Gasteiger partial charge in [-0.15, -0.1) is 0 Å². The van der Waals surface area contributed by atoms with Crippen LogP contribution in [0.5, 0.6) is 0 Å². The molecule has 0 spiro atoms. The predicted octanol–water partition coefficient (Wildman–Crippen LogP) is 2.82. The van der Waals surface area contributed by atoms with Gasteiger partial charge in [-0.25, -0.2) is 0 Å². The zero-order valence-corrected chi connectivity index (χ0v) is 11.1. The fourth-order valence-electron chi connectivity index (χ4n) is 1.79. The van der Waals surface area contributed by atoms with Gasteiger partial charge in [-0.2, -0.15) is 0 Å². The third kappa shape index (κ3) is 2.42. The molecular weight excluding hydrogens is 280 g/mol. The fourth-order valence-corrected chi connectivity index (χ4v) is 1.93. The first-order chi connectivity index (χ1) is 8.09. The van der Waals surface area contributed by atoms with Crippen molar-refractivity contribution in [1.82, 2.24) is 9.88 Å². The molecule has 1 aromatic heterocycles. The second-order valence-electron chi connectivity index (χ2n) is 3.87. The lowest BCUT2D eigenvalue weighted by Gasteiger charge is -2.02. The van der Waals surface area contributed by atoms with Crippen molar-refractivity contribution in [2.75, 3.05) is 6.54 Å². The molecule has 17 heavy (non-hydrogen) atoms. The molecule has 0 unspecified atom stereocenters. The van der Waals surface area contributed by atoms with Gasteiger partial charge in [-0.05, 0) is 6.07 Å². The Morgan fingerprint density at radius 2 is 2.18 bits per heavy atom. The molecule has 0 aliphatic carbocycles. The van der Waals surface area contributed by atoms with Crippen molar-refractivity contribution in [1.29, 1.82) is 0 Å². The average molecular weight is 293 g/mol. The van der Waals surface area contributed by atoms with Crippen LogP contribution >= 0.6 is 15.9 Å². The van der Waals surface area contributed by atoms with Gasteiger partial charge in [0.05, 0.1) is 5.56 Å². The number of fused-ring (bicyclic) bond motifs is 1. The van der Waals surface area contributed by atoms with Crippen LogP contribution in [0.25, 0.3) is 10.9 Å². The SMILES string of the molecule is C=C(Br)CNC(=O)c1cn(C)c2ccccc12. The number of amides is 1. The highest BCUT2D eigenvalue weighted by Gasteiger charge is 2.12. The number of hydrogen-bond acceptors (Lipinski definition) is 1. The molecule has 0 saturated carbocycles. The second kappa shape index (κ2) is 4.75. The number of nitrogens with one attached hydrogen (secondary N) is 1. The highest BCUT2D eigenvalue weighted by molar-refractivity contribution is 9.11. The first-order valence-corrected chi connectivity index (χ1v) is 6.04. The van der Waals surface area contributed by atoms with Crippen LogP contribution in [-0.2, 0) is 7.05 Å². The van der Waals surface area contributed by atoms with Gasteiger partial charge in [-0.1, -0.05) is 40.7 Å². The van der Waals surface area contributed by atoms with Gasteiger partial charge in [0.15, 0.2) is 0 Å². The Morgan fingerprint density at radius 1 is 1.47 bits per heavy atom. The summed E-state index contributed by atoms with van der Waals surface area (Å²) < 4.78 is 2.71. The minimum Gasteiger partial charge on any atom is -0.350 e. The van der Waals surface area contributed by atoms with E-state index in [2.05, 4.69) is 27.8 Å². The van der Waals surface area contributed by atoms with Gasteiger partial charge >= 0.3 is 0 Å². The number of carbonyl (C=O) groups excluding carboxylic acids is 1.